The van der Waals surface area contributed by atoms with E-state index in [1.807, 2.05) is 24.3 Å². The minimum absolute atomic E-state index is 0.0776. The Labute approximate surface area is 127 Å². The lowest BCUT2D eigenvalue weighted by atomic mass is 10.1. The Kier molecular flexibility index (Phi) is 3.53. The molecule has 0 amide bonds. The number of hydrogen-bond donors (Lipinski definition) is 1. The minimum atomic E-state index is -0.396. The molecule has 5 nitrogen and oxygen atoms in total. The van der Waals surface area contributed by atoms with E-state index in [9.17, 15) is 10.1 Å². The summed E-state index contributed by atoms with van der Waals surface area (Å²) in [4.78, 5) is 12.6. The van der Waals surface area contributed by atoms with Gasteiger partial charge in [-0.05, 0) is 23.8 Å². The Morgan fingerprint density at radius 1 is 1.33 bits per heavy atom. The van der Waals surface area contributed by atoms with Gasteiger partial charge in [0.05, 0.1) is 4.92 Å². The average Bonchev–Trinajstić information content (AvgIpc) is 2.75. The Bertz CT molecular complexity index is 705. The molecule has 1 aliphatic heterocycles. The van der Waals surface area contributed by atoms with E-state index in [2.05, 4.69) is 4.90 Å². The monoisotopic (exact) mass is 303 g/mol. The summed E-state index contributed by atoms with van der Waals surface area (Å²) in [6, 6.07) is 12.3. The van der Waals surface area contributed by atoms with E-state index < -0.39 is 4.92 Å². The molecule has 0 saturated heterocycles. The largest absolute Gasteiger partial charge is 0.365 e. The first-order valence-electron chi connectivity index (χ1n) is 6.58. The van der Waals surface area contributed by atoms with Crippen LogP contribution >= 0.6 is 11.6 Å². The van der Waals surface area contributed by atoms with Gasteiger partial charge in [0.15, 0.2) is 0 Å². The topological polar surface area (TPSA) is 72.4 Å². The Hall–Kier alpha value is -2.11. The van der Waals surface area contributed by atoms with Crippen LogP contribution in [0.4, 0.5) is 11.4 Å². The second kappa shape index (κ2) is 5.35. The summed E-state index contributed by atoms with van der Waals surface area (Å²) in [6.07, 6.45) is 0. The number of nitrogens with zero attached hydrogens (tertiary/aromatic N) is 2. The molecular weight excluding hydrogens is 290 g/mol. The number of halogens is 1. The number of anilines is 1. The normalized spacial score (nSPS) is 16.9. The van der Waals surface area contributed by atoms with Gasteiger partial charge in [0.2, 0.25) is 0 Å². The number of nitro groups is 1. The van der Waals surface area contributed by atoms with E-state index in [0.29, 0.717) is 18.1 Å². The van der Waals surface area contributed by atoms with Crippen LogP contribution in [0.3, 0.4) is 0 Å². The molecule has 1 heterocycles. The van der Waals surface area contributed by atoms with Crippen LogP contribution in [0.15, 0.2) is 42.5 Å². The number of nitrogens with two attached hydrogens (primary N) is 1. The summed E-state index contributed by atoms with van der Waals surface area (Å²) in [5.41, 5.74) is 9.04. The molecule has 0 fully saturated rings. The van der Waals surface area contributed by atoms with Gasteiger partial charge in [-0.25, -0.2) is 0 Å². The lowest BCUT2D eigenvalue weighted by Crippen LogP contribution is -2.23. The number of nitro benzene ring substituents is 1. The molecular formula is C15H14ClN3O2. The first-order valence-corrected chi connectivity index (χ1v) is 6.95. The van der Waals surface area contributed by atoms with Crippen LogP contribution in [-0.2, 0) is 6.54 Å². The second-order valence-electron chi connectivity index (χ2n) is 5.12. The number of non-ortho nitro benzene ring substituents is 1. The van der Waals surface area contributed by atoms with Crippen molar-refractivity contribution in [2.24, 2.45) is 5.73 Å². The van der Waals surface area contributed by atoms with Gasteiger partial charge in [-0.3, -0.25) is 10.1 Å². The molecule has 2 N–H and O–H groups in total. The number of benzene rings is 2. The van der Waals surface area contributed by atoms with Crippen LogP contribution in [0.1, 0.15) is 17.2 Å². The molecule has 6 heteroatoms. The Morgan fingerprint density at radius 3 is 2.86 bits per heavy atom. The fraction of sp³-hybridized carbons (Fsp3) is 0.200. The van der Waals surface area contributed by atoms with E-state index in [-0.39, 0.29) is 11.7 Å². The SMILES string of the molecule is N[C@H]1CN(Cc2cccc(Cl)c2)c2ccc([N+](=O)[O-])cc21. The molecule has 1 aliphatic rings. The van der Waals surface area contributed by atoms with Crippen LogP contribution in [-0.4, -0.2) is 11.5 Å². The standard InChI is InChI=1S/C15H14ClN3O2/c16-11-3-1-2-10(6-11)8-18-9-14(17)13-7-12(19(20)21)4-5-15(13)18/h1-7,14H,8-9,17H2/t14-/m0/s1. The average molecular weight is 304 g/mol. The van der Waals surface area contributed by atoms with Gasteiger partial charge in [0.25, 0.3) is 5.69 Å². The highest BCUT2D eigenvalue weighted by atomic mass is 35.5. The van der Waals surface area contributed by atoms with Gasteiger partial charge in [-0.2, -0.15) is 0 Å². The van der Waals surface area contributed by atoms with Crippen molar-refractivity contribution < 1.29 is 4.92 Å². The Balaban J connectivity index is 1.90. The molecule has 0 aromatic heterocycles. The predicted octanol–water partition coefficient (Wildman–Crippen LogP) is 3.27. The summed E-state index contributed by atoms with van der Waals surface area (Å²) in [5.74, 6) is 0. The highest BCUT2D eigenvalue weighted by molar-refractivity contribution is 6.30. The van der Waals surface area contributed by atoms with Crippen LogP contribution in [0.25, 0.3) is 0 Å². The summed E-state index contributed by atoms with van der Waals surface area (Å²) in [5, 5.41) is 11.5. The van der Waals surface area contributed by atoms with E-state index in [0.717, 1.165) is 16.8 Å². The summed E-state index contributed by atoms with van der Waals surface area (Å²) in [7, 11) is 0. The first kappa shape index (κ1) is 13.9. The molecule has 0 saturated carbocycles. The van der Waals surface area contributed by atoms with Gasteiger partial charge in [-0.15, -0.1) is 0 Å². The Morgan fingerprint density at radius 2 is 2.14 bits per heavy atom. The zero-order chi connectivity index (χ0) is 15.0. The van der Waals surface area contributed by atoms with Gasteiger partial charge in [0.1, 0.15) is 0 Å². The maximum absolute atomic E-state index is 10.9. The van der Waals surface area contributed by atoms with Gasteiger partial charge < -0.3 is 10.6 Å². The predicted molar refractivity (Wildman–Crippen MR) is 82.5 cm³/mol. The second-order valence-corrected chi connectivity index (χ2v) is 5.55. The van der Waals surface area contributed by atoms with Crippen molar-refractivity contribution >= 4 is 23.0 Å². The quantitative estimate of drug-likeness (QED) is 0.697. The molecule has 2 aromatic carbocycles. The summed E-state index contributed by atoms with van der Waals surface area (Å²) < 4.78 is 0. The molecule has 0 spiro atoms. The summed E-state index contributed by atoms with van der Waals surface area (Å²) in [6.45, 7) is 1.32. The smallest absolute Gasteiger partial charge is 0.269 e. The third-order valence-electron chi connectivity index (χ3n) is 3.64. The maximum Gasteiger partial charge on any atom is 0.269 e. The van der Waals surface area contributed by atoms with Crippen molar-refractivity contribution in [3.8, 4) is 0 Å². The molecule has 0 radical (unpaired) electrons. The fourth-order valence-corrected chi connectivity index (χ4v) is 2.89. The van der Waals surface area contributed by atoms with Crippen molar-refractivity contribution in [3.63, 3.8) is 0 Å². The van der Waals surface area contributed by atoms with E-state index in [1.165, 1.54) is 6.07 Å². The van der Waals surface area contributed by atoms with Crippen LogP contribution in [0, 0.1) is 10.1 Å². The van der Waals surface area contributed by atoms with Crippen LogP contribution in [0.2, 0.25) is 5.02 Å². The van der Waals surface area contributed by atoms with Gasteiger partial charge in [0, 0.05) is 47.5 Å². The zero-order valence-electron chi connectivity index (χ0n) is 11.2. The fourth-order valence-electron chi connectivity index (χ4n) is 2.68. The highest BCUT2D eigenvalue weighted by Gasteiger charge is 2.27. The molecule has 0 unspecified atom stereocenters. The lowest BCUT2D eigenvalue weighted by Gasteiger charge is -2.19. The summed E-state index contributed by atoms with van der Waals surface area (Å²) >= 11 is 6.00. The molecule has 2 aromatic rings. The van der Waals surface area contributed by atoms with E-state index in [1.54, 1.807) is 12.1 Å². The van der Waals surface area contributed by atoms with Crippen molar-refractivity contribution in [3.05, 3.63) is 68.7 Å². The van der Waals surface area contributed by atoms with Gasteiger partial charge in [-0.1, -0.05) is 23.7 Å². The third kappa shape index (κ3) is 2.70. The maximum atomic E-state index is 10.9. The number of fused-ring (bicyclic) bond motifs is 1. The molecule has 21 heavy (non-hydrogen) atoms. The number of hydrogen-bond acceptors (Lipinski definition) is 4. The van der Waals surface area contributed by atoms with E-state index in [4.69, 9.17) is 17.3 Å². The first-order chi connectivity index (χ1) is 10.0. The minimum Gasteiger partial charge on any atom is -0.365 e. The van der Waals surface area contributed by atoms with Crippen molar-refractivity contribution in [2.75, 3.05) is 11.4 Å². The van der Waals surface area contributed by atoms with E-state index >= 15 is 0 Å². The third-order valence-corrected chi connectivity index (χ3v) is 3.88. The molecule has 108 valence electrons. The van der Waals surface area contributed by atoms with Crippen molar-refractivity contribution in [1.82, 2.24) is 0 Å². The molecule has 1 atom stereocenters. The van der Waals surface area contributed by atoms with Crippen molar-refractivity contribution in [1.29, 1.82) is 0 Å². The zero-order valence-corrected chi connectivity index (χ0v) is 12.0. The molecule has 3 rings (SSSR count). The molecule has 0 aliphatic carbocycles. The molecule has 0 bridgehead atoms. The van der Waals surface area contributed by atoms with Crippen LogP contribution in [0.5, 0.6) is 0 Å². The lowest BCUT2D eigenvalue weighted by molar-refractivity contribution is -0.384. The number of rotatable bonds is 3. The van der Waals surface area contributed by atoms with Gasteiger partial charge >= 0.3 is 0 Å². The van der Waals surface area contributed by atoms with Crippen molar-refractivity contribution in [2.45, 2.75) is 12.6 Å². The highest BCUT2D eigenvalue weighted by Crippen LogP contribution is 2.36. The van der Waals surface area contributed by atoms with Crippen LogP contribution < -0.4 is 10.6 Å².